The average Bonchev–Trinajstić information content (AvgIpc) is 2.94. The Kier molecular flexibility index (Phi) is 3.95. The van der Waals surface area contributed by atoms with Gasteiger partial charge < -0.3 is 10.2 Å². The monoisotopic (exact) mass is 286 g/mol. The van der Waals surface area contributed by atoms with Crippen molar-refractivity contribution in [1.82, 2.24) is 10.2 Å². The summed E-state index contributed by atoms with van der Waals surface area (Å²) in [7, 11) is 0. The zero-order valence-electron chi connectivity index (χ0n) is 12.3. The molecule has 1 saturated heterocycles. The molecule has 1 aliphatic heterocycles. The van der Waals surface area contributed by atoms with Gasteiger partial charge in [-0.15, -0.1) is 0 Å². The van der Waals surface area contributed by atoms with Crippen LogP contribution in [0.25, 0.3) is 0 Å². The number of rotatable bonds is 4. The smallest absolute Gasteiger partial charge is 0.248 e. The molecule has 0 aromatic heterocycles. The molecule has 1 spiro atoms. The Morgan fingerprint density at radius 1 is 1.10 bits per heavy atom. The number of hydrogen-bond donors (Lipinski definition) is 1. The van der Waals surface area contributed by atoms with Gasteiger partial charge in [0.2, 0.25) is 11.8 Å². The molecule has 1 saturated carbocycles. The van der Waals surface area contributed by atoms with Crippen molar-refractivity contribution in [1.29, 1.82) is 0 Å². The molecule has 2 amide bonds. The van der Waals surface area contributed by atoms with Gasteiger partial charge in [-0.1, -0.05) is 43.2 Å². The molecule has 1 N–H and O–H groups in total. The molecule has 0 atom stereocenters. The largest absolute Gasteiger partial charge is 0.340 e. The molecule has 1 aromatic rings. The third kappa shape index (κ3) is 2.94. The van der Waals surface area contributed by atoms with E-state index in [-0.39, 0.29) is 18.4 Å². The molecule has 112 valence electrons. The van der Waals surface area contributed by atoms with E-state index in [1.54, 1.807) is 4.90 Å². The summed E-state index contributed by atoms with van der Waals surface area (Å²) in [6.07, 6.45) is 5.51. The lowest BCUT2D eigenvalue weighted by Crippen LogP contribution is -2.65. The van der Waals surface area contributed by atoms with E-state index >= 15 is 0 Å². The van der Waals surface area contributed by atoms with E-state index in [1.165, 1.54) is 5.56 Å². The summed E-state index contributed by atoms with van der Waals surface area (Å²) in [4.78, 5) is 26.3. The second-order valence-corrected chi connectivity index (χ2v) is 6.15. The van der Waals surface area contributed by atoms with E-state index in [0.717, 1.165) is 38.5 Å². The van der Waals surface area contributed by atoms with Crippen molar-refractivity contribution >= 4 is 11.8 Å². The summed E-state index contributed by atoms with van der Waals surface area (Å²) >= 11 is 0. The molecule has 1 aromatic carbocycles. The molecule has 2 aliphatic rings. The molecule has 0 radical (unpaired) electrons. The normalized spacial score (nSPS) is 20.9. The third-order valence-corrected chi connectivity index (χ3v) is 4.60. The highest BCUT2D eigenvalue weighted by molar-refractivity contribution is 5.98. The maximum absolute atomic E-state index is 12.6. The molecule has 2 fully saturated rings. The lowest BCUT2D eigenvalue weighted by Gasteiger charge is -2.39. The number of carbonyl (C=O) groups excluding carboxylic acids is 2. The molecule has 4 heteroatoms. The summed E-state index contributed by atoms with van der Waals surface area (Å²) in [6, 6.07) is 10.3. The van der Waals surface area contributed by atoms with E-state index in [2.05, 4.69) is 17.4 Å². The SMILES string of the molecule is O=C1CN(CCCc2ccccc2)C(=O)C2(CCCC2)N1. The summed E-state index contributed by atoms with van der Waals surface area (Å²) in [5, 5.41) is 2.95. The Morgan fingerprint density at radius 2 is 1.81 bits per heavy atom. The first-order valence-electron chi connectivity index (χ1n) is 7.84. The number of piperazine rings is 1. The topological polar surface area (TPSA) is 49.4 Å². The van der Waals surface area contributed by atoms with Crippen LogP contribution in [-0.2, 0) is 16.0 Å². The summed E-state index contributed by atoms with van der Waals surface area (Å²) in [6.45, 7) is 0.887. The first-order valence-corrected chi connectivity index (χ1v) is 7.84. The number of amides is 2. The highest BCUT2D eigenvalue weighted by atomic mass is 16.2. The van der Waals surface area contributed by atoms with Crippen LogP contribution in [0.3, 0.4) is 0 Å². The fourth-order valence-corrected chi connectivity index (χ4v) is 3.52. The molecule has 4 nitrogen and oxygen atoms in total. The van der Waals surface area contributed by atoms with Crippen molar-refractivity contribution in [2.45, 2.75) is 44.1 Å². The fraction of sp³-hybridized carbons (Fsp3) is 0.529. The summed E-state index contributed by atoms with van der Waals surface area (Å²) in [5.74, 6) is 0.129. The number of hydrogen-bond acceptors (Lipinski definition) is 2. The Hall–Kier alpha value is -1.84. The van der Waals surface area contributed by atoms with E-state index in [9.17, 15) is 9.59 Å². The van der Waals surface area contributed by atoms with E-state index in [0.29, 0.717) is 6.54 Å². The predicted molar refractivity (Wildman–Crippen MR) is 80.7 cm³/mol. The van der Waals surface area contributed by atoms with Crippen LogP contribution in [0.2, 0.25) is 0 Å². The Bertz CT molecular complexity index is 521. The van der Waals surface area contributed by atoms with Crippen LogP contribution in [0.1, 0.15) is 37.7 Å². The quantitative estimate of drug-likeness (QED) is 0.919. The van der Waals surface area contributed by atoms with E-state index in [4.69, 9.17) is 0 Å². The van der Waals surface area contributed by atoms with Crippen LogP contribution < -0.4 is 5.32 Å². The van der Waals surface area contributed by atoms with Crippen molar-refractivity contribution in [2.24, 2.45) is 0 Å². The van der Waals surface area contributed by atoms with Gasteiger partial charge >= 0.3 is 0 Å². The third-order valence-electron chi connectivity index (χ3n) is 4.60. The minimum absolute atomic E-state index is 0.00351. The van der Waals surface area contributed by atoms with Gasteiger partial charge in [0.1, 0.15) is 5.54 Å². The van der Waals surface area contributed by atoms with Crippen LogP contribution in [0.5, 0.6) is 0 Å². The number of carbonyl (C=O) groups is 2. The van der Waals surface area contributed by atoms with Crippen LogP contribution >= 0.6 is 0 Å². The molecular formula is C17H22N2O2. The van der Waals surface area contributed by atoms with Crippen molar-refractivity contribution in [3.63, 3.8) is 0 Å². The minimum atomic E-state index is -0.581. The van der Waals surface area contributed by atoms with E-state index in [1.807, 2.05) is 18.2 Å². The Morgan fingerprint density at radius 3 is 2.52 bits per heavy atom. The van der Waals surface area contributed by atoms with Gasteiger partial charge in [0, 0.05) is 6.54 Å². The van der Waals surface area contributed by atoms with Crippen molar-refractivity contribution < 1.29 is 9.59 Å². The first kappa shape index (κ1) is 14.1. The maximum Gasteiger partial charge on any atom is 0.248 e. The van der Waals surface area contributed by atoms with E-state index < -0.39 is 5.54 Å². The van der Waals surface area contributed by atoms with Gasteiger partial charge in [-0.25, -0.2) is 0 Å². The van der Waals surface area contributed by atoms with Crippen molar-refractivity contribution in [3.8, 4) is 0 Å². The molecular weight excluding hydrogens is 264 g/mol. The number of nitrogens with zero attached hydrogens (tertiary/aromatic N) is 1. The minimum Gasteiger partial charge on any atom is -0.340 e. The van der Waals surface area contributed by atoms with Crippen LogP contribution in [-0.4, -0.2) is 35.3 Å². The van der Waals surface area contributed by atoms with Crippen molar-refractivity contribution in [3.05, 3.63) is 35.9 Å². The van der Waals surface area contributed by atoms with Gasteiger partial charge in [-0.2, -0.15) is 0 Å². The Balaban J connectivity index is 1.59. The Labute approximate surface area is 125 Å². The molecule has 3 rings (SSSR count). The van der Waals surface area contributed by atoms with Crippen LogP contribution in [0.15, 0.2) is 30.3 Å². The maximum atomic E-state index is 12.6. The number of benzene rings is 1. The van der Waals surface area contributed by atoms with Crippen LogP contribution in [0.4, 0.5) is 0 Å². The zero-order chi connectivity index (χ0) is 14.7. The van der Waals surface area contributed by atoms with Crippen molar-refractivity contribution in [2.75, 3.05) is 13.1 Å². The first-order chi connectivity index (χ1) is 10.2. The van der Waals surface area contributed by atoms with Gasteiger partial charge in [0.05, 0.1) is 6.54 Å². The van der Waals surface area contributed by atoms with Gasteiger partial charge in [-0.05, 0) is 31.2 Å². The number of aryl methyl sites for hydroxylation is 1. The highest BCUT2D eigenvalue weighted by Crippen LogP contribution is 2.33. The summed E-state index contributed by atoms with van der Waals surface area (Å²) < 4.78 is 0. The zero-order valence-corrected chi connectivity index (χ0v) is 12.3. The second-order valence-electron chi connectivity index (χ2n) is 6.15. The molecule has 1 heterocycles. The molecule has 0 bridgehead atoms. The van der Waals surface area contributed by atoms with Gasteiger partial charge in [0.25, 0.3) is 0 Å². The number of nitrogens with one attached hydrogen (secondary N) is 1. The predicted octanol–water partition coefficient (Wildman–Crippen LogP) is 1.89. The highest BCUT2D eigenvalue weighted by Gasteiger charge is 2.47. The lowest BCUT2D eigenvalue weighted by atomic mass is 9.93. The standard InChI is InChI=1S/C17H22N2O2/c20-15-13-19(12-6-9-14-7-2-1-3-8-14)16(21)17(18-15)10-4-5-11-17/h1-3,7-8H,4-6,9-13H2,(H,18,20). The van der Waals surface area contributed by atoms with Gasteiger partial charge in [0.15, 0.2) is 0 Å². The molecule has 1 aliphatic carbocycles. The fourth-order valence-electron chi connectivity index (χ4n) is 3.52. The molecule has 0 unspecified atom stereocenters. The second kappa shape index (κ2) is 5.88. The lowest BCUT2D eigenvalue weighted by molar-refractivity contribution is -0.149. The van der Waals surface area contributed by atoms with Crippen LogP contribution in [0, 0.1) is 0 Å². The summed E-state index contributed by atoms with van der Waals surface area (Å²) in [5.41, 5.74) is 0.698. The molecule has 21 heavy (non-hydrogen) atoms. The average molecular weight is 286 g/mol. The van der Waals surface area contributed by atoms with Gasteiger partial charge in [-0.3, -0.25) is 9.59 Å².